The predicted octanol–water partition coefficient (Wildman–Crippen LogP) is 6.62. The number of nitrogens with zero attached hydrogens (tertiary/aromatic N) is 3. The summed E-state index contributed by atoms with van der Waals surface area (Å²) in [6.07, 6.45) is 0. The standard InChI is InChI=1S/C29H29N3/c1-21(25-19-18-22-12-10-11-17-26(22)20-25)30-29-31(2)27(23-13-6-4-7-14-23)28(32(29)3)24-15-8-5-9-16-24/h4-21,27-28H,1-3H3/t21-,27+,28+/m1/s1. The fourth-order valence-electron chi connectivity index (χ4n) is 4.93. The van der Waals surface area contributed by atoms with Crippen molar-refractivity contribution in [3.05, 3.63) is 120 Å². The molecule has 0 aliphatic carbocycles. The van der Waals surface area contributed by atoms with Crippen LogP contribution in [0.15, 0.2) is 108 Å². The number of guanidine groups is 1. The lowest BCUT2D eigenvalue weighted by Crippen LogP contribution is -2.30. The largest absolute Gasteiger partial charge is 0.336 e. The summed E-state index contributed by atoms with van der Waals surface area (Å²) < 4.78 is 0. The fraction of sp³-hybridized carbons (Fsp3) is 0.207. The lowest BCUT2D eigenvalue weighted by atomic mass is 9.93. The molecule has 3 nitrogen and oxygen atoms in total. The molecule has 4 aromatic rings. The molecule has 1 aliphatic rings. The first kappa shape index (κ1) is 20.3. The molecule has 1 aliphatic heterocycles. The van der Waals surface area contributed by atoms with Gasteiger partial charge >= 0.3 is 0 Å². The van der Waals surface area contributed by atoms with E-state index in [0.717, 1.165) is 5.96 Å². The molecule has 160 valence electrons. The van der Waals surface area contributed by atoms with Gasteiger partial charge in [-0.25, -0.2) is 4.99 Å². The molecule has 0 spiro atoms. The summed E-state index contributed by atoms with van der Waals surface area (Å²) in [5.41, 5.74) is 3.84. The minimum atomic E-state index is 0.0606. The van der Waals surface area contributed by atoms with Gasteiger partial charge in [-0.3, -0.25) is 0 Å². The average Bonchev–Trinajstić information content (AvgIpc) is 3.09. The number of rotatable bonds is 4. The van der Waals surface area contributed by atoms with E-state index < -0.39 is 0 Å². The van der Waals surface area contributed by atoms with E-state index in [2.05, 4.69) is 134 Å². The highest BCUT2D eigenvalue weighted by atomic mass is 15.5. The van der Waals surface area contributed by atoms with Gasteiger partial charge in [0, 0.05) is 14.1 Å². The van der Waals surface area contributed by atoms with Crippen LogP contribution >= 0.6 is 0 Å². The summed E-state index contributed by atoms with van der Waals surface area (Å²) >= 11 is 0. The summed E-state index contributed by atoms with van der Waals surface area (Å²) in [5, 5.41) is 2.52. The smallest absolute Gasteiger partial charge is 0.197 e. The van der Waals surface area contributed by atoms with Crippen molar-refractivity contribution in [2.75, 3.05) is 14.1 Å². The first-order valence-electron chi connectivity index (χ1n) is 11.3. The Labute approximate surface area is 190 Å². The van der Waals surface area contributed by atoms with Crippen molar-refractivity contribution in [2.24, 2.45) is 4.99 Å². The van der Waals surface area contributed by atoms with Crippen LogP contribution in [-0.2, 0) is 0 Å². The maximum Gasteiger partial charge on any atom is 0.197 e. The van der Waals surface area contributed by atoms with Crippen LogP contribution in [0.3, 0.4) is 0 Å². The Morgan fingerprint density at radius 3 is 1.69 bits per heavy atom. The van der Waals surface area contributed by atoms with Gasteiger partial charge < -0.3 is 9.80 Å². The molecule has 0 bridgehead atoms. The molecule has 0 unspecified atom stereocenters. The van der Waals surface area contributed by atoms with E-state index in [4.69, 9.17) is 4.99 Å². The molecular weight excluding hydrogens is 390 g/mol. The summed E-state index contributed by atoms with van der Waals surface area (Å²) in [6, 6.07) is 37.2. The van der Waals surface area contributed by atoms with Gasteiger partial charge in [-0.2, -0.15) is 0 Å². The summed E-state index contributed by atoms with van der Waals surface area (Å²) in [6.45, 7) is 2.19. The second kappa shape index (κ2) is 8.51. The van der Waals surface area contributed by atoms with E-state index >= 15 is 0 Å². The maximum absolute atomic E-state index is 5.24. The Balaban J connectivity index is 1.54. The number of likely N-dealkylation sites (N-methyl/N-ethyl adjacent to an activating group) is 2. The Kier molecular flexibility index (Phi) is 5.40. The SMILES string of the molecule is C[C@@H](N=C1N(C)[C@@H](c2ccccc2)[C@H](c2ccccc2)N1C)c1ccc2ccccc2c1. The van der Waals surface area contributed by atoms with Crippen molar-refractivity contribution < 1.29 is 0 Å². The van der Waals surface area contributed by atoms with Gasteiger partial charge in [-0.1, -0.05) is 97.1 Å². The Bertz CT molecular complexity index is 1180. The highest BCUT2D eigenvalue weighted by Gasteiger charge is 2.42. The predicted molar refractivity (Wildman–Crippen MR) is 134 cm³/mol. The first-order valence-corrected chi connectivity index (χ1v) is 11.3. The van der Waals surface area contributed by atoms with Gasteiger partial charge in [0.1, 0.15) is 0 Å². The number of hydrogen-bond acceptors (Lipinski definition) is 1. The molecule has 4 aromatic carbocycles. The van der Waals surface area contributed by atoms with Crippen LogP contribution in [0.2, 0.25) is 0 Å². The van der Waals surface area contributed by atoms with Gasteiger partial charge in [-0.05, 0) is 40.5 Å². The molecule has 0 saturated carbocycles. The van der Waals surface area contributed by atoms with E-state index in [1.807, 2.05) is 0 Å². The topological polar surface area (TPSA) is 18.8 Å². The molecule has 0 amide bonds. The molecule has 32 heavy (non-hydrogen) atoms. The monoisotopic (exact) mass is 419 g/mol. The summed E-state index contributed by atoms with van der Waals surface area (Å²) in [7, 11) is 4.34. The molecule has 1 fully saturated rings. The minimum absolute atomic E-state index is 0.0606. The third-order valence-corrected chi connectivity index (χ3v) is 6.61. The van der Waals surface area contributed by atoms with Crippen LogP contribution in [0.5, 0.6) is 0 Å². The zero-order valence-corrected chi connectivity index (χ0v) is 18.9. The zero-order chi connectivity index (χ0) is 22.1. The zero-order valence-electron chi connectivity index (χ0n) is 18.9. The van der Waals surface area contributed by atoms with Crippen LogP contribution in [0, 0.1) is 0 Å². The molecule has 1 saturated heterocycles. The van der Waals surface area contributed by atoms with Crippen molar-refractivity contribution in [3.63, 3.8) is 0 Å². The van der Waals surface area contributed by atoms with E-state index in [1.165, 1.54) is 27.5 Å². The van der Waals surface area contributed by atoms with Crippen LogP contribution in [0.4, 0.5) is 0 Å². The third-order valence-electron chi connectivity index (χ3n) is 6.61. The van der Waals surface area contributed by atoms with Crippen molar-refractivity contribution >= 4 is 16.7 Å². The number of benzene rings is 4. The Hall–Kier alpha value is -3.59. The van der Waals surface area contributed by atoms with E-state index in [0.29, 0.717) is 0 Å². The third kappa shape index (κ3) is 3.64. The van der Waals surface area contributed by atoms with E-state index in [9.17, 15) is 0 Å². The number of aliphatic imine (C=N–C) groups is 1. The molecular formula is C29H29N3. The van der Waals surface area contributed by atoms with Crippen LogP contribution < -0.4 is 0 Å². The van der Waals surface area contributed by atoms with Gasteiger partial charge in [0.25, 0.3) is 0 Å². The van der Waals surface area contributed by atoms with Crippen LogP contribution in [0.1, 0.15) is 41.7 Å². The van der Waals surface area contributed by atoms with E-state index in [-0.39, 0.29) is 18.1 Å². The van der Waals surface area contributed by atoms with Crippen LogP contribution in [0.25, 0.3) is 10.8 Å². The summed E-state index contributed by atoms with van der Waals surface area (Å²) in [5.74, 6) is 1.02. The second-order valence-electron chi connectivity index (χ2n) is 8.64. The van der Waals surface area contributed by atoms with Crippen molar-refractivity contribution in [2.45, 2.75) is 25.0 Å². The molecule has 0 N–H and O–H groups in total. The van der Waals surface area contributed by atoms with Crippen molar-refractivity contribution in [1.29, 1.82) is 0 Å². The highest BCUT2D eigenvalue weighted by Crippen LogP contribution is 2.43. The van der Waals surface area contributed by atoms with Gasteiger partial charge in [0.05, 0.1) is 18.1 Å². The van der Waals surface area contributed by atoms with Crippen molar-refractivity contribution in [3.8, 4) is 0 Å². The molecule has 0 radical (unpaired) electrons. The highest BCUT2D eigenvalue weighted by molar-refractivity contribution is 5.85. The summed E-state index contributed by atoms with van der Waals surface area (Å²) in [4.78, 5) is 9.91. The van der Waals surface area contributed by atoms with Crippen LogP contribution in [-0.4, -0.2) is 29.9 Å². The maximum atomic E-state index is 5.24. The Morgan fingerprint density at radius 1 is 0.625 bits per heavy atom. The van der Waals surface area contributed by atoms with Crippen molar-refractivity contribution in [1.82, 2.24) is 9.80 Å². The lowest BCUT2D eigenvalue weighted by molar-refractivity contribution is 0.316. The van der Waals surface area contributed by atoms with E-state index in [1.54, 1.807) is 0 Å². The molecule has 1 heterocycles. The minimum Gasteiger partial charge on any atom is -0.336 e. The second-order valence-corrected chi connectivity index (χ2v) is 8.64. The van der Waals surface area contributed by atoms with Gasteiger partial charge in [0.15, 0.2) is 5.96 Å². The Morgan fingerprint density at radius 2 is 1.12 bits per heavy atom. The number of fused-ring (bicyclic) bond motifs is 1. The molecule has 0 aromatic heterocycles. The molecule has 5 rings (SSSR count). The van der Waals surface area contributed by atoms with Gasteiger partial charge in [-0.15, -0.1) is 0 Å². The average molecular weight is 420 g/mol. The molecule has 3 heteroatoms. The number of hydrogen-bond donors (Lipinski definition) is 0. The molecule has 3 atom stereocenters. The quantitative estimate of drug-likeness (QED) is 0.370. The first-order chi connectivity index (χ1) is 15.6. The fourth-order valence-corrected chi connectivity index (χ4v) is 4.93. The lowest BCUT2D eigenvalue weighted by Gasteiger charge is -2.26. The van der Waals surface area contributed by atoms with Gasteiger partial charge in [0.2, 0.25) is 0 Å². The normalized spacial score (nSPS) is 19.4.